The predicted octanol–water partition coefficient (Wildman–Crippen LogP) is 1.42. The fraction of sp³-hybridized carbons (Fsp3) is 0.182. The Bertz CT molecular complexity index is 459. The third kappa shape index (κ3) is 3.25. The van der Waals surface area contributed by atoms with E-state index in [-0.39, 0.29) is 0 Å². The number of thiocarbonyl (C=S) groups is 1. The Morgan fingerprint density at radius 1 is 1.35 bits per heavy atom. The van der Waals surface area contributed by atoms with Crippen LogP contribution < -0.4 is 10.1 Å². The molecule has 0 saturated heterocycles. The maximum Gasteiger partial charge on any atom is 0.337 e. The minimum absolute atomic E-state index is 0.313. The van der Waals surface area contributed by atoms with Crippen LogP contribution in [-0.2, 0) is 9.53 Å². The Balaban J connectivity index is 3.10. The summed E-state index contributed by atoms with van der Waals surface area (Å²) in [5, 5.41) is 3.46. The maximum absolute atomic E-state index is 11.3. The molecule has 0 spiro atoms. The van der Waals surface area contributed by atoms with Gasteiger partial charge in [0, 0.05) is 0 Å². The number of amides is 1. The molecule has 0 aromatic heterocycles. The number of ether oxygens (including phenoxy) is 2. The number of methoxy groups -OCH3 is 2. The average molecular weight is 253 g/mol. The molecule has 17 heavy (non-hydrogen) atoms. The van der Waals surface area contributed by atoms with Crippen LogP contribution in [0.3, 0.4) is 0 Å². The summed E-state index contributed by atoms with van der Waals surface area (Å²) in [5.41, 5.74) is 0.675. The van der Waals surface area contributed by atoms with Gasteiger partial charge in [-0.1, -0.05) is 12.2 Å². The van der Waals surface area contributed by atoms with Crippen LogP contribution in [0.25, 0.3) is 0 Å². The van der Waals surface area contributed by atoms with Crippen molar-refractivity contribution in [1.82, 2.24) is 0 Å². The van der Waals surface area contributed by atoms with E-state index < -0.39 is 11.9 Å². The van der Waals surface area contributed by atoms with Crippen molar-refractivity contribution in [2.75, 3.05) is 19.5 Å². The number of carbonyl (C=O) groups is 2. The molecule has 0 aliphatic heterocycles. The molecule has 1 aromatic rings. The molecule has 90 valence electrons. The minimum atomic E-state index is -0.495. The van der Waals surface area contributed by atoms with Crippen molar-refractivity contribution in [3.63, 3.8) is 0 Å². The standard InChI is InChI=1S/C11H11NO4S/c1-15-9-4-3-7(11(14)16-2)5-8(9)12-10(13)6-17/h3-6H,1-2H3,(H,12,13). The van der Waals surface area contributed by atoms with E-state index in [9.17, 15) is 9.59 Å². The highest BCUT2D eigenvalue weighted by atomic mass is 32.1. The Morgan fingerprint density at radius 2 is 2.06 bits per heavy atom. The SMILES string of the molecule is COC(=O)c1ccc(OC)c(NC(=O)C=S)c1. The van der Waals surface area contributed by atoms with E-state index in [1.54, 1.807) is 6.07 Å². The Labute approximate surface area is 104 Å². The van der Waals surface area contributed by atoms with Gasteiger partial charge in [-0.15, -0.1) is 0 Å². The van der Waals surface area contributed by atoms with Crippen LogP contribution in [0.1, 0.15) is 10.4 Å². The third-order valence-electron chi connectivity index (χ3n) is 1.99. The molecular weight excluding hydrogens is 242 g/mol. The van der Waals surface area contributed by atoms with Gasteiger partial charge in [-0.3, -0.25) is 4.79 Å². The fourth-order valence-electron chi connectivity index (χ4n) is 1.21. The topological polar surface area (TPSA) is 64.6 Å². The van der Waals surface area contributed by atoms with Gasteiger partial charge in [-0.2, -0.15) is 0 Å². The summed E-state index contributed by atoms with van der Waals surface area (Å²) in [4.78, 5) is 22.5. The Morgan fingerprint density at radius 3 is 2.59 bits per heavy atom. The number of anilines is 1. The third-order valence-corrected chi connectivity index (χ3v) is 2.20. The second-order valence-electron chi connectivity index (χ2n) is 3.01. The first-order valence-electron chi connectivity index (χ1n) is 4.65. The molecule has 0 bridgehead atoms. The molecule has 0 fully saturated rings. The lowest BCUT2D eigenvalue weighted by molar-refractivity contribution is -0.109. The first kappa shape index (κ1) is 13.1. The summed E-state index contributed by atoms with van der Waals surface area (Å²) in [6, 6.07) is 4.56. The molecule has 5 nitrogen and oxygen atoms in total. The van der Waals surface area contributed by atoms with Gasteiger partial charge in [0.05, 0.1) is 30.8 Å². The molecule has 0 saturated carbocycles. The quantitative estimate of drug-likeness (QED) is 0.649. The molecule has 0 heterocycles. The monoisotopic (exact) mass is 253 g/mol. The van der Waals surface area contributed by atoms with Crippen molar-refractivity contribution < 1.29 is 19.1 Å². The summed E-state index contributed by atoms with van der Waals surface area (Å²) in [7, 11) is 2.74. The molecule has 1 aromatic carbocycles. The highest BCUT2D eigenvalue weighted by Gasteiger charge is 2.11. The van der Waals surface area contributed by atoms with Gasteiger partial charge < -0.3 is 14.8 Å². The van der Waals surface area contributed by atoms with Crippen molar-refractivity contribution >= 4 is 35.1 Å². The number of benzene rings is 1. The second-order valence-corrected chi connectivity index (χ2v) is 3.25. The van der Waals surface area contributed by atoms with E-state index in [4.69, 9.17) is 4.74 Å². The Hall–Kier alpha value is -1.95. The normalized spacial score (nSPS) is 9.29. The fourth-order valence-corrected chi connectivity index (χ4v) is 1.27. The van der Waals surface area contributed by atoms with E-state index in [0.29, 0.717) is 17.0 Å². The highest BCUT2D eigenvalue weighted by Crippen LogP contribution is 2.25. The van der Waals surface area contributed by atoms with Gasteiger partial charge in [-0.05, 0) is 18.2 Å². The molecule has 1 amide bonds. The van der Waals surface area contributed by atoms with Gasteiger partial charge in [0.2, 0.25) is 0 Å². The molecule has 0 aliphatic carbocycles. The number of hydrogen-bond donors (Lipinski definition) is 1. The largest absolute Gasteiger partial charge is 0.495 e. The summed E-state index contributed by atoms with van der Waals surface area (Å²) in [6.07, 6.45) is 0. The van der Waals surface area contributed by atoms with Crippen LogP contribution in [0.5, 0.6) is 5.75 Å². The maximum atomic E-state index is 11.3. The molecule has 0 atom stereocenters. The van der Waals surface area contributed by atoms with Crippen molar-refractivity contribution in [2.45, 2.75) is 0 Å². The summed E-state index contributed by atoms with van der Waals surface area (Å²) in [5.74, 6) is -0.520. The second kappa shape index (κ2) is 5.95. The van der Waals surface area contributed by atoms with Gasteiger partial charge in [0.25, 0.3) is 5.91 Å². The Kier molecular flexibility index (Phi) is 4.59. The van der Waals surface area contributed by atoms with E-state index in [1.165, 1.54) is 26.4 Å². The highest BCUT2D eigenvalue weighted by molar-refractivity contribution is 7.80. The lowest BCUT2D eigenvalue weighted by Crippen LogP contribution is -2.13. The molecule has 0 radical (unpaired) electrons. The van der Waals surface area contributed by atoms with Crippen LogP contribution in [-0.4, -0.2) is 31.5 Å². The smallest absolute Gasteiger partial charge is 0.337 e. The predicted molar refractivity (Wildman–Crippen MR) is 66.6 cm³/mol. The first-order valence-corrected chi connectivity index (χ1v) is 5.12. The molecule has 0 unspecified atom stereocenters. The van der Waals surface area contributed by atoms with Crippen molar-refractivity contribution in [1.29, 1.82) is 0 Å². The number of carbonyl (C=O) groups excluding carboxylic acids is 2. The van der Waals surface area contributed by atoms with Gasteiger partial charge in [-0.25, -0.2) is 4.79 Å². The van der Waals surface area contributed by atoms with Gasteiger partial charge in [0.1, 0.15) is 5.75 Å². The molecular formula is C11H11NO4S. The number of nitrogens with one attached hydrogen (secondary N) is 1. The lowest BCUT2D eigenvalue weighted by Gasteiger charge is -2.09. The van der Waals surface area contributed by atoms with E-state index >= 15 is 0 Å². The van der Waals surface area contributed by atoms with Crippen molar-refractivity contribution in [2.24, 2.45) is 0 Å². The number of hydrogen-bond acceptors (Lipinski definition) is 5. The molecule has 6 heteroatoms. The lowest BCUT2D eigenvalue weighted by atomic mass is 10.2. The summed E-state index contributed by atoms with van der Waals surface area (Å²) in [6.45, 7) is 0. The van der Waals surface area contributed by atoms with Crippen LogP contribution >= 0.6 is 12.2 Å². The van der Waals surface area contributed by atoms with Gasteiger partial charge >= 0.3 is 5.97 Å². The zero-order valence-electron chi connectivity index (χ0n) is 9.35. The zero-order valence-corrected chi connectivity index (χ0v) is 10.2. The van der Waals surface area contributed by atoms with Crippen LogP contribution in [0.2, 0.25) is 0 Å². The first-order chi connectivity index (χ1) is 8.12. The molecule has 1 rings (SSSR count). The minimum Gasteiger partial charge on any atom is -0.495 e. The number of rotatable bonds is 4. The van der Waals surface area contributed by atoms with E-state index in [0.717, 1.165) is 5.37 Å². The summed E-state index contributed by atoms with van der Waals surface area (Å²) >= 11 is 4.49. The molecule has 0 aliphatic rings. The average Bonchev–Trinajstić information content (AvgIpc) is 2.37. The number of esters is 1. The van der Waals surface area contributed by atoms with Crippen LogP contribution in [0, 0.1) is 0 Å². The van der Waals surface area contributed by atoms with E-state index in [2.05, 4.69) is 22.3 Å². The van der Waals surface area contributed by atoms with Crippen molar-refractivity contribution in [3.8, 4) is 5.75 Å². The zero-order chi connectivity index (χ0) is 12.8. The van der Waals surface area contributed by atoms with Crippen LogP contribution in [0.15, 0.2) is 18.2 Å². The van der Waals surface area contributed by atoms with Gasteiger partial charge in [0.15, 0.2) is 0 Å². The molecule has 1 N–H and O–H groups in total. The van der Waals surface area contributed by atoms with E-state index in [1.807, 2.05) is 0 Å². The van der Waals surface area contributed by atoms with Crippen molar-refractivity contribution in [3.05, 3.63) is 23.8 Å². The van der Waals surface area contributed by atoms with Crippen LogP contribution in [0.4, 0.5) is 5.69 Å². The summed E-state index contributed by atoms with van der Waals surface area (Å²) < 4.78 is 9.62.